The van der Waals surface area contributed by atoms with Crippen LogP contribution in [0.1, 0.15) is 10.7 Å². The third kappa shape index (κ3) is 2.24. The molecule has 5 rings (SSSR count). The lowest BCUT2D eigenvalue weighted by atomic mass is 10.3. The summed E-state index contributed by atoms with van der Waals surface area (Å²) < 4.78 is 6.08. The van der Waals surface area contributed by atoms with Crippen molar-refractivity contribution in [2.45, 2.75) is 13.1 Å². The number of hydrogen-bond donors (Lipinski definition) is 1. The van der Waals surface area contributed by atoms with Crippen molar-refractivity contribution in [3.05, 3.63) is 52.2 Å². The van der Waals surface area contributed by atoms with Crippen molar-refractivity contribution < 1.29 is 0 Å². The Labute approximate surface area is 149 Å². The van der Waals surface area contributed by atoms with Crippen molar-refractivity contribution >= 4 is 32.6 Å². The molecule has 0 aliphatic heterocycles. The van der Waals surface area contributed by atoms with Gasteiger partial charge in [-0.15, -0.1) is 21.5 Å². The normalized spacial score (nSPS) is 11.7. The predicted octanol–water partition coefficient (Wildman–Crippen LogP) is 0.756. The van der Waals surface area contributed by atoms with Gasteiger partial charge >= 0.3 is 0 Å². The van der Waals surface area contributed by atoms with Gasteiger partial charge in [-0.3, -0.25) is 9.89 Å². The van der Waals surface area contributed by atoms with E-state index in [2.05, 4.69) is 30.5 Å². The molecule has 1 N–H and O–H groups in total. The van der Waals surface area contributed by atoms with Gasteiger partial charge in [-0.2, -0.15) is 10.2 Å². The van der Waals surface area contributed by atoms with E-state index in [0.717, 1.165) is 26.4 Å². The number of nitrogens with one attached hydrogen (secondary N) is 1. The van der Waals surface area contributed by atoms with Gasteiger partial charge in [0.2, 0.25) is 0 Å². The number of nitrogens with zero attached hydrogens (tertiary/aromatic N) is 8. The van der Waals surface area contributed by atoms with E-state index in [-0.39, 0.29) is 5.56 Å². The van der Waals surface area contributed by atoms with Crippen LogP contribution in [0, 0.1) is 0 Å². The molecule has 0 aliphatic rings. The summed E-state index contributed by atoms with van der Waals surface area (Å²) in [5, 5.41) is 20.4. The lowest BCUT2D eigenvalue weighted by Gasteiger charge is -2.04. The highest BCUT2D eigenvalue weighted by Gasteiger charge is 2.18. The Bertz CT molecular complexity index is 1260. The molecule has 0 saturated carbocycles. The summed E-state index contributed by atoms with van der Waals surface area (Å²) in [6, 6.07) is 1.82. The zero-order chi connectivity index (χ0) is 17.7. The summed E-state index contributed by atoms with van der Waals surface area (Å²) in [5.41, 5.74) is 2.06. The Morgan fingerprint density at radius 3 is 2.85 bits per heavy atom. The van der Waals surface area contributed by atoms with Gasteiger partial charge in [-0.25, -0.2) is 9.67 Å². The summed E-state index contributed by atoms with van der Waals surface area (Å²) in [7, 11) is 1.86. The molecule has 5 aromatic heterocycles. The minimum atomic E-state index is -0.148. The van der Waals surface area contributed by atoms with Gasteiger partial charge in [0.25, 0.3) is 5.56 Å². The highest BCUT2D eigenvalue weighted by atomic mass is 32.1. The van der Waals surface area contributed by atoms with Crippen LogP contribution in [0.4, 0.5) is 0 Å². The highest BCUT2D eigenvalue weighted by molar-refractivity contribution is 7.19. The Morgan fingerprint density at radius 2 is 2.08 bits per heavy atom. The van der Waals surface area contributed by atoms with E-state index in [0.29, 0.717) is 18.6 Å². The molecule has 0 amide bonds. The Morgan fingerprint density at radius 1 is 1.23 bits per heavy atom. The van der Waals surface area contributed by atoms with Gasteiger partial charge in [0.05, 0.1) is 29.7 Å². The molecular formula is C15H13N9OS. The summed E-state index contributed by atoms with van der Waals surface area (Å²) in [6.07, 6.45) is 6.69. The molecule has 5 aromatic rings. The lowest BCUT2D eigenvalue weighted by molar-refractivity contribution is 0.631. The van der Waals surface area contributed by atoms with Crippen LogP contribution in [0.15, 0.2) is 35.9 Å². The molecular weight excluding hydrogens is 354 g/mol. The van der Waals surface area contributed by atoms with E-state index in [1.54, 1.807) is 36.4 Å². The van der Waals surface area contributed by atoms with E-state index in [4.69, 9.17) is 0 Å². The van der Waals surface area contributed by atoms with Crippen LogP contribution in [0.3, 0.4) is 0 Å². The maximum Gasteiger partial charge on any atom is 0.291 e. The van der Waals surface area contributed by atoms with Crippen LogP contribution in [-0.4, -0.2) is 44.3 Å². The lowest BCUT2D eigenvalue weighted by Crippen LogP contribution is -2.24. The number of rotatable bonds is 4. The number of fused-ring (bicyclic) bond motifs is 3. The fourth-order valence-electron chi connectivity index (χ4n) is 3.01. The number of H-pyrrole nitrogens is 1. The maximum absolute atomic E-state index is 12.9. The molecule has 0 bridgehead atoms. The molecule has 0 unspecified atom stereocenters. The van der Waals surface area contributed by atoms with Crippen LogP contribution in [0.5, 0.6) is 0 Å². The van der Waals surface area contributed by atoms with Crippen molar-refractivity contribution in [3.8, 4) is 0 Å². The van der Waals surface area contributed by atoms with Gasteiger partial charge in [0.15, 0.2) is 5.65 Å². The fraction of sp³-hybridized carbons (Fsp3) is 0.200. The summed E-state index contributed by atoms with van der Waals surface area (Å²) in [4.78, 5) is 17.6. The molecule has 11 heteroatoms. The molecule has 0 atom stereocenters. The van der Waals surface area contributed by atoms with Gasteiger partial charge in [0, 0.05) is 18.6 Å². The largest absolute Gasteiger partial charge is 0.323 e. The molecule has 130 valence electrons. The topological polar surface area (TPSA) is 112 Å². The predicted molar refractivity (Wildman–Crippen MR) is 95.0 cm³/mol. The first kappa shape index (κ1) is 15.0. The Balaban J connectivity index is 1.62. The second kappa shape index (κ2) is 5.59. The van der Waals surface area contributed by atoms with E-state index < -0.39 is 0 Å². The van der Waals surface area contributed by atoms with Crippen LogP contribution >= 0.6 is 11.3 Å². The van der Waals surface area contributed by atoms with Crippen molar-refractivity contribution in [3.63, 3.8) is 0 Å². The van der Waals surface area contributed by atoms with Gasteiger partial charge in [-0.05, 0) is 6.07 Å². The zero-order valence-electron chi connectivity index (χ0n) is 13.7. The maximum atomic E-state index is 12.9. The molecule has 26 heavy (non-hydrogen) atoms. The Hall–Kier alpha value is -3.34. The zero-order valence-corrected chi connectivity index (χ0v) is 14.5. The summed E-state index contributed by atoms with van der Waals surface area (Å²) in [5.74, 6) is 0. The van der Waals surface area contributed by atoms with Crippen LogP contribution in [0.2, 0.25) is 0 Å². The molecule has 0 saturated heterocycles. The molecule has 0 aromatic carbocycles. The molecule has 0 radical (unpaired) electrons. The smallest absolute Gasteiger partial charge is 0.291 e. The first-order valence-corrected chi connectivity index (χ1v) is 8.67. The number of aryl methyl sites for hydroxylation is 1. The minimum Gasteiger partial charge on any atom is -0.323 e. The number of aromatic nitrogens is 9. The standard InChI is InChI=1S/C15H13N9OS/c1-22-12-10(4-19-24(15(12)25)5-9-2-3-16-21-9)13-14(22)20-11(26-13)6-23-7-17-18-8-23/h2-4,7-8H,5-6H2,1H3,(H,16,21). The van der Waals surface area contributed by atoms with Crippen molar-refractivity contribution in [1.82, 2.24) is 44.3 Å². The van der Waals surface area contributed by atoms with Crippen molar-refractivity contribution in [2.75, 3.05) is 0 Å². The van der Waals surface area contributed by atoms with Crippen LogP contribution in [0.25, 0.3) is 21.3 Å². The van der Waals surface area contributed by atoms with Crippen molar-refractivity contribution in [1.29, 1.82) is 0 Å². The van der Waals surface area contributed by atoms with Gasteiger partial charge < -0.3 is 9.13 Å². The van der Waals surface area contributed by atoms with Gasteiger partial charge in [-0.1, -0.05) is 0 Å². The second-order valence-electron chi connectivity index (χ2n) is 5.91. The molecule has 0 aliphatic carbocycles. The summed E-state index contributed by atoms with van der Waals surface area (Å²) >= 11 is 1.55. The van der Waals surface area contributed by atoms with E-state index >= 15 is 0 Å². The van der Waals surface area contributed by atoms with Gasteiger partial charge in [0.1, 0.15) is 23.2 Å². The molecule has 5 heterocycles. The average Bonchev–Trinajstić information content (AvgIpc) is 3.39. The Kier molecular flexibility index (Phi) is 3.22. The van der Waals surface area contributed by atoms with Crippen molar-refractivity contribution in [2.24, 2.45) is 7.05 Å². The van der Waals surface area contributed by atoms with Crippen LogP contribution < -0.4 is 5.56 Å². The van der Waals surface area contributed by atoms with E-state index in [9.17, 15) is 4.79 Å². The summed E-state index contributed by atoms with van der Waals surface area (Å²) in [6.45, 7) is 0.943. The average molecular weight is 367 g/mol. The molecule has 0 fully saturated rings. The fourth-order valence-corrected chi connectivity index (χ4v) is 4.12. The third-order valence-corrected chi connectivity index (χ3v) is 5.30. The van der Waals surface area contributed by atoms with E-state index in [1.165, 1.54) is 4.68 Å². The highest BCUT2D eigenvalue weighted by Crippen LogP contribution is 2.31. The molecule has 10 nitrogen and oxygen atoms in total. The monoisotopic (exact) mass is 367 g/mol. The first-order chi connectivity index (χ1) is 12.7. The second-order valence-corrected chi connectivity index (χ2v) is 6.99. The quantitative estimate of drug-likeness (QED) is 0.502. The van der Waals surface area contributed by atoms with Crippen LogP contribution in [-0.2, 0) is 20.1 Å². The van der Waals surface area contributed by atoms with E-state index in [1.807, 2.05) is 22.2 Å². The number of hydrogen-bond acceptors (Lipinski definition) is 7. The number of thiazole rings is 1. The number of aromatic amines is 1. The minimum absolute atomic E-state index is 0.148. The first-order valence-electron chi connectivity index (χ1n) is 7.85. The molecule has 0 spiro atoms. The SMILES string of the molecule is Cn1c2nc(Cn3cnnc3)sc2c2cnn(Cc3ccn[nH]3)c(=O)c21. The third-order valence-electron chi connectivity index (χ3n) is 4.23.